The smallest absolute Gasteiger partial charge is 0.178 e. The summed E-state index contributed by atoms with van der Waals surface area (Å²) < 4.78 is 3.11. The molecule has 2 nitrogen and oxygen atoms in total. The molecule has 1 fully saturated rings. The van der Waals surface area contributed by atoms with Gasteiger partial charge in [0.05, 0.1) is 11.0 Å². The van der Waals surface area contributed by atoms with Crippen molar-refractivity contribution in [1.29, 1.82) is 0 Å². The number of aromatic nitrogens is 2. The Morgan fingerprint density at radius 1 is 1.32 bits per heavy atom. The molecular weight excluding hydrogens is 276 g/mol. The third-order valence-electron chi connectivity index (χ3n) is 4.68. The van der Waals surface area contributed by atoms with E-state index in [0.29, 0.717) is 12.0 Å². The van der Waals surface area contributed by atoms with Crippen molar-refractivity contribution in [3.63, 3.8) is 0 Å². The van der Waals surface area contributed by atoms with Crippen molar-refractivity contribution in [2.75, 3.05) is 0 Å². The van der Waals surface area contributed by atoms with Gasteiger partial charge in [0.15, 0.2) is 4.77 Å². The molecule has 1 aromatic heterocycles. The SMILES string of the molecule is CC1CCCC(n2c(=S)[nH]c3ccc(Cl)cc32)C1C. The largest absolute Gasteiger partial charge is 0.331 e. The molecule has 0 saturated heterocycles. The molecule has 0 bridgehead atoms. The number of H-pyrrole nitrogens is 1. The van der Waals surface area contributed by atoms with Crippen LogP contribution in [-0.2, 0) is 0 Å². The van der Waals surface area contributed by atoms with E-state index >= 15 is 0 Å². The number of nitrogens with zero attached hydrogens (tertiary/aromatic N) is 1. The maximum absolute atomic E-state index is 6.14. The van der Waals surface area contributed by atoms with Crippen LogP contribution < -0.4 is 0 Å². The molecule has 1 aliphatic rings. The summed E-state index contributed by atoms with van der Waals surface area (Å²) in [7, 11) is 0. The molecule has 1 N–H and O–H groups in total. The molecule has 1 saturated carbocycles. The summed E-state index contributed by atoms with van der Waals surface area (Å²) in [5.74, 6) is 1.41. The van der Waals surface area contributed by atoms with E-state index in [4.69, 9.17) is 23.8 Å². The van der Waals surface area contributed by atoms with Gasteiger partial charge in [-0.25, -0.2) is 0 Å². The summed E-state index contributed by atoms with van der Waals surface area (Å²) in [5, 5.41) is 0.770. The number of aromatic amines is 1. The van der Waals surface area contributed by atoms with Gasteiger partial charge in [-0.15, -0.1) is 0 Å². The summed E-state index contributed by atoms with van der Waals surface area (Å²) in [4.78, 5) is 3.31. The monoisotopic (exact) mass is 294 g/mol. The number of hydrogen-bond donors (Lipinski definition) is 1. The van der Waals surface area contributed by atoms with Gasteiger partial charge >= 0.3 is 0 Å². The highest BCUT2D eigenvalue weighted by Gasteiger charge is 2.29. The first-order chi connectivity index (χ1) is 9.08. The molecule has 3 unspecified atom stereocenters. The van der Waals surface area contributed by atoms with Crippen molar-refractivity contribution in [3.05, 3.63) is 28.0 Å². The minimum atomic E-state index is 0.489. The Bertz CT molecular complexity index is 658. The lowest BCUT2D eigenvalue weighted by atomic mass is 9.78. The first-order valence-electron chi connectivity index (χ1n) is 6.97. The number of nitrogens with one attached hydrogen (secondary N) is 1. The molecule has 3 atom stereocenters. The van der Waals surface area contributed by atoms with Crippen molar-refractivity contribution in [1.82, 2.24) is 9.55 Å². The van der Waals surface area contributed by atoms with Crippen molar-refractivity contribution >= 4 is 34.9 Å². The number of hydrogen-bond acceptors (Lipinski definition) is 1. The minimum absolute atomic E-state index is 0.489. The Hall–Kier alpha value is -0.800. The molecule has 0 amide bonds. The Labute approximate surface area is 123 Å². The average molecular weight is 295 g/mol. The Balaban J connectivity index is 2.16. The summed E-state index contributed by atoms with van der Waals surface area (Å²) in [6, 6.07) is 6.44. The van der Waals surface area contributed by atoms with Crippen molar-refractivity contribution in [3.8, 4) is 0 Å². The molecule has 0 aliphatic heterocycles. The highest BCUT2D eigenvalue weighted by Crippen LogP contribution is 2.39. The van der Waals surface area contributed by atoms with Crippen molar-refractivity contribution in [2.24, 2.45) is 11.8 Å². The lowest BCUT2D eigenvalue weighted by Crippen LogP contribution is -2.27. The van der Waals surface area contributed by atoms with Crippen LogP contribution in [-0.4, -0.2) is 9.55 Å². The number of imidazole rings is 1. The fraction of sp³-hybridized carbons (Fsp3) is 0.533. The zero-order chi connectivity index (χ0) is 13.6. The third kappa shape index (κ3) is 2.23. The molecule has 4 heteroatoms. The van der Waals surface area contributed by atoms with E-state index in [1.807, 2.05) is 18.2 Å². The topological polar surface area (TPSA) is 20.7 Å². The molecule has 0 radical (unpaired) electrons. The summed E-state index contributed by atoms with van der Waals surface area (Å²) in [6.07, 6.45) is 3.82. The van der Waals surface area contributed by atoms with Gasteiger partial charge in [-0.05, 0) is 48.7 Å². The zero-order valence-electron chi connectivity index (χ0n) is 11.3. The molecule has 1 aromatic carbocycles. The number of benzene rings is 1. The molecule has 102 valence electrons. The number of halogens is 1. The van der Waals surface area contributed by atoms with Gasteiger partial charge in [0.1, 0.15) is 0 Å². The van der Waals surface area contributed by atoms with Gasteiger partial charge in [-0.2, -0.15) is 0 Å². The van der Waals surface area contributed by atoms with Crippen LogP contribution in [0, 0.1) is 16.6 Å². The Morgan fingerprint density at radius 2 is 2.11 bits per heavy atom. The van der Waals surface area contributed by atoms with Gasteiger partial charge in [0.25, 0.3) is 0 Å². The van der Waals surface area contributed by atoms with Crippen LogP contribution in [0.1, 0.15) is 39.2 Å². The second-order valence-electron chi connectivity index (χ2n) is 5.80. The van der Waals surface area contributed by atoms with E-state index in [0.717, 1.165) is 26.7 Å². The first-order valence-corrected chi connectivity index (χ1v) is 7.76. The summed E-state index contributed by atoms with van der Waals surface area (Å²) in [5.41, 5.74) is 2.23. The summed E-state index contributed by atoms with van der Waals surface area (Å²) >= 11 is 11.7. The fourth-order valence-corrected chi connectivity index (χ4v) is 3.85. The van der Waals surface area contributed by atoms with Crippen LogP contribution in [0.2, 0.25) is 5.02 Å². The quantitative estimate of drug-likeness (QED) is 0.703. The van der Waals surface area contributed by atoms with Gasteiger partial charge in [0.2, 0.25) is 0 Å². The molecular formula is C15H19ClN2S. The fourth-order valence-electron chi connectivity index (χ4n) is 3.34. The average Bonchev–Trinajstić information content (AvgIpc) is 2.69. The zero-order valence-corrected chi connectivity index (χ0v) is 12.9. The normalized spacial score (nSPS) is 27.8. The predicted molar refractivity (Wildman–Crippen MR) is 83.3 cm³/mol. The molecule has 1 heterocycles. The lowest BCUT2D eigenvalue weighted by Gasteiger charge is -2.35. The van der Waals surface area contributed by atoms with Crippen LogP contribution in [0.15, 0.2) is 18.2 Å². The van der Waals surface area contributed by atoms with E-state index in [-0.39, 0.29) is 0 Å². The van der Waals surface area contributed by atoms with Gasteiger partial charge in [0, 0.05) is 11.1 Å². The van der Waals surface area contributed by atoms with Crippen LogP contribution in [0.25, 0.3) is 11.0 Å². The van der Waals surface area contributed by atoms with Gasteiger partial charge < -0.3 is 9.55 Å². The predicted octanol–water partition coefficient (Wildman–Crippen LogP) is 5.35. The second kappa shape index (κ2) is 4.95. The second-order valence-corrected chi connectivity index (χ2v) is 6.62. The molecule has 1 aliphatic carbocycles. The third-order valence-corrected chi connectivity index (χ3v) is 5.21. The van der Waals surface area contributed by atoms with Crippen LogP contribution >= 0.6 is 23.8 Å². The van der Waals surface area contributed by atoms with Crippen molar-refractivity contribution in [2.45, 2.75) is 39.2 Å². The first kappa shape index (κ1) is 13.2. The van der Waals surface area contributed by atoms with E-state index in [1.54, 1.807) is 0 Å². The van der Waals surface area contributed by atoms with E-state index in [9.17, 15) is 0 Å². The molecule has 0 spiro atoms. The highest BCUT2D eigenvalue weighted by molar-refractivity contribution is 7.71. The van der Waals surface area contributed by atoms with Gasteiger partial charge in [-0.3, -0.25) is 0 Å². The minimum Gasteiger partial charge on any atom is -0.331 e. The highest BCUT2D eigenvalue weighted by atomic mass is 35.5. The Morgan fingerprint density at radius 3 is 2.89 bits per heavy atom. The van der Waals surface area contributed by atoms with E-state index in [2.05, 4.69) is 23.4 Å². The van der Waals surface area contributed by atoms with Crippen LogP contribution in [0.5, 0.6) is 0 Å². The number of fused-ring (bicyclic) bond motifs is 1. The maximum Gasteiger partial charge on any atom is 0.178 e. The van der Waals surface area contributed by atoms with Crippen LogP contribution in [0.4, 0.5) is 0 Å². The molecule has 19 heavy (non-hydrogen) atoms. The lowest BCUT2D eigenvalue weighted by molar-refractivity contribution is 0.188. The molecule has 2 aromatic rings. The summed E-state index contributed by atoms with van der Waals surface area (Å²) in [6.45, 7) is 4.70. The van der Waals surface area contributed by atoms with E-state index < -0.39 is 0 Å². The number of rotatable bonds is 1. The van der Waals surface area contributed by atoms with E-state index in [1.165, 1.54) is 19.3 Å². The maximum atomic E-state index is 6.14. The Kier molecular flexibility index (Phi) is 3.44. The van der Waals surface area contributed by atoms with Crippen LogP contribution in [0.3, 0.4) is 0 Å². The standard InChI is InChI=1S/C15H19ClN2S/c1-9-4-3-5-13(10(9)2)18-14-8-11(16)6-7-12(14)17-15(18)19/h6-10,13H,3-5H2,1-2H3,(H,17,19). The molecule has 3 rings (SSSR count). The van der Waals surface area contributed by atoms with Crippen molar-refractivity contribution < 1.29 is 0 Å². The van der Waals surface area contributed by atoms with Gasteiger partial charge in [-0.1, -0.05) is 38.3 Å².